The highest BCUT2D eigenvalue weighted by Gasteiger charge is 2.18. The zero-order chi connectivity index (χ0) is 14.0. The zero-order valence-corrected chi connectivity index (χ0v) is 9.47. The van der Waals surface area contributed by atoms with Crippen LogP contribution in [0.3, 0.4) is 0 Å². The summed E-state index contributed by atoms with van der Waals surface area (Å²) in [5.41, 5.74) is -0.630. The van der Waals surface area contributed by atoms with Gasteiger partial charge in [0.2, 0.25) is 5.82 Å². The first kappa shape index (κ1) is 12.8. The summed E-state index contributed by atoms with van der Waals surface area (Å²) in [6.45, 7) is 0. The molecule has 0 aliphatic rings. The van der Waals surface area contributed by atoms with Gasteiger partial charge >= 0.3 is 5.69 Å². The lowest BCUT2D eigenvalue weighted by Crippen LogP contribution is -2.03. The number of rotatable bonds is 3. The molecule has 0 amide bonds. The quantitative estimate of drug-likeness (QED) is 0.485. The van der Waals surface area contributed by atoms with Crippen molar-refractivity contribution in [3.63, 3.8) is 0 Å². The number of halogens is 2. The van der Waals surface area contributed by atoms with E-state index in [1.165, 1.54) is 12.1 Å². The van der Waals surface area contributed by atoms with Gasteiger partial charge in [0, 0.05) is 17.2 Å². The molecule has 4 nitrogen and oxygen atoms in total. The van der Waals surface area contributed by atoms with Gasteiger partial charge in [-0.25, -0.2) is 4.39 Å². The van der Waals surface area contributed by atoms with E-state index in [4.69, 9.17) is 0 Å². The molecule has 0 bridgehead atoms. The van der Waals surface area contributed by atoms with Crippen LogP contribution in [-0.2, 0) is 0 Å². The molecule has 0 aliphatic carbocycles. The number of carbonyl (C=O) groups excluding carboxylic acids is 1. The average Bonchev–Trinajstić information content (AvgIpc) is 2.39. The van der Waals surface area contributed by atoms with Crippen LogP contribution in [0.1, 0.15) is 15.9 Å². The number of nitrogens with zero attached hydrogens (tertiary/aromatic N) is 1. The van der Waals surface area contributed by atoms with Gasteiger partial charge in [0.25, 0.3) is 0 Å². The number of nitro groups is 1. The van der Waals surface area contributed by atoms with Gasteiger partial charge < -0.3 is 0 Å². The molecular formula is C13H7F2NO3. The van der Waals surface area contributed by atoms with Crippen molar-refractivity contribution in [2.24, 2.45) is 0 Å². The third-order valence-corrected chi connectivity index (χ3v) is 2.51. The van der Waals surface area contributed by atoms with E-state index in [0.29, 0.717) is 0 Å². The maximum Gasteiger partial charge on any atom is 0.305 e. The maximum absolute atomic E-state index is 13.1. The number of hydrogen-bond donors (Lipinski definition) is 0. The lowest BCUT2D eigenvalue weighted by atomic mass is 10.0. The summed E-state index contributed by atoms with van der Waals surface area (Å²) in [6.07, 6.45) is 0. The Morgan fingerprint density at radius 1 is 1.00 bits per heavy atom. The fourth-order valence-electron chi connectivity index (χ4n) is 1.56. The largest absolute Gasteiger partial charge is 0.305 e. The van der Waals surface area contributed by atoms with Gasteiger partial charge in [-0.15, -0.1) is 0 Å². The summed E-state index contributed by atoms with van der Waals surface area (Å²) in [5.74, 6) is -2.05. The van der Waals surface area contributed by atoms with Crippen molar-refractivity contribution in [3.05, 3.63) is 75.3 Å². The summed E-state index contributed by atoms with van der Waals surface area (Å²) >= 11 is 0. The molecule has 2 aromatic rings. The summed E-state index contributed by atoms with van der Waals surface area (Å²) < 4.78 is 25.9. The summed E-state index contributed by atoms with van der Waals surface area (Å²) in [6, 6.07) is 7.58. The Balaban J connectivity index is 2.42. The number of nitro benzene ring substituents is 1. The molecule has 0 heterocycles. The van der Waals surface area contributed by atoms with Crippen molar-refractivity contribution >= 4 is 11.5 Å². The fourth-order valence-corrected chi connectivity index (χ4v) is 1.56. The molecule has 6 heteroatoms. The highest BCUT2D eigenvalue weighted by molar-refractivity contribution is 6.09. The molecule has 2 aromatic carbocycles. The highest BCUT2D eigenvalue weighted by atomic mass is 19.1. The minimum Gasteiger partial charge on any atom is -0.289 e. The van der Waals surface area contributed by atoms with Crippen LogP contribution in [0.25, 0.3) is 0 Å². The van der Waals surface area contributed by atoms with Crippen LogP contribution < -0.4 is 0 Å². The number of carbonyl (C=O) groups is 1. The second-order valence-corrected chi connectivity index (χ2v) is 3.76. The Morgan fingerprint density at radius 3 is 2.16 bits per heavy atom. The molecule has 0 spiro atoms. The summed E-state index contributed by atoms with van der Waals surface area (Å²) in [5, 5.41) is 10.6. The minimum absolute atomic E-state index is 0.0280. The molecule has 0 N–H and O–H groups in total. The Morgan fingerprint density at radius 2 is 1.58 bits per heavy atom. The van der Waals surface area contributed by atoms with Gasteiger partial charge in [-0.05, 0) is 36.4 Å². The van der Waals surface area contributed by atoms with E-state index in [1.807, 2.05) is 0 Å². The first-order valence-corrected chi connectivity index (χ1v) is 5.23. The minimum atomic E-state index is -1.01. The summed E-state index contributed by atoms with van der Waals surface area (Å²) in [7, 11) is 0. The first-order valence-electron chi connectivity index (χ1n) is 5.23. The van der Waals surface area contributed by atoms with Crippen LogP contribution in [0.2, 0.25) is 0 Å². The van der Waals surface area contributed by atoms with Crippen LogP contribution >= 0.6 is 0 Å². The van der Waals surface area contributed by atoms with Crippen LogP contribution in [0, 0.1) is 21.7 Å². The van der Waals surface area contributed by atoms with Gasteiger partial charge in [-0.1, -0.05) is 0 Å². The van der Waals surface area contributed by atoms with Crippen LogP contribution in [0.4, 0.5) is 14.5 Å². The van der Waals surface area contributed by atoms with Crippen molar-refractivity contribution in [2.45, 2.75) is 0 Å². The van der Waals surface area contributed by atoms with E-state index in [2.05, 4.69) is 0 Å². The molecule has 2 rings (SSSR count). The number of hydrogen-bond acceptors (Lipinski definition) is 3. The molecule has 0 aromatic heterocycles. The van der Waals surface area contributed by atoms with Gasteiger partial charge in [-0.3, -0.25) is 14.9 Å². The molecule has 0 radical (unpaired) electrons. The maximum atomic E-state index is 13.1. The van der Waals surface area contributed by atoms with Gasteiger partial charge in [0.15, 0.2) is 5.78 Å². The van der Waals surface area contributed by atoms with Crippen molar-refractivity contribution in [1.82, 2.24) is 0 Å². The molecule has 0 saturated heterocycles. The predicted molar refractivity (Wildman–Crippen MR) is 62.9 cm³/mol. The van der Waals surface area contributed by atoms with E-state index in [1.54, 1.807) is 0 Å². The number of ketones is 1. The van der Waals surface area contributed by atoms with E-state index in [0.717, 1.165) is 30.3 Å². The molecule has 0 unspecified atom stereocenters. The molecule has 0 atom stereocenters. The van der Waals surface area contributed by atoms with E-state index < -0.39 is 28.0 Å². The SMILES string of the molecule is O=C(c1ccc(F)cc1)c1ccc(F)c([N+](=O)[O-])c1. The smallest absolute Gasteiger partial charge is 0.289 e. The van der Waals surface area contributed by atoms with Gasteiger partial charge in [0.05, 0.1) is 4.92 Å². The normalized spacial score (nSPS) is 10.2. The van der Waals surface area contributed by atoms with Crippen molar-refractivity contribution in [2.75, 3.05) is 0 Å². The Bertz CT molecular complexity index is 653. The van der Waals surface area contributed by atoms with E-state index in [9.17, 15) is 23.7 Å². The molecule has 0 aliphatic heterocycles. The third kappa shape index (κ3) is 2.62. The Hall–Kier alpha value is -2.63. The molecule has 0 fully saturated rings. The average molecular weight is 263 g/mol. The fraction of sp³-hybridized carbons (Fsp3) is 0. The van der Waals surface area contributed by atoms with E-state index >= 15 is 0 Å². The van der Waals surface area contributed by atoms with Crippen LogP contribution in [-0.4, -0.2) is 10.7 Å². The van der Waals surface area contributed by atoms with Gasteiger partial charge in [-0.2, -0.15) is 4.39 Å². The second-order valence-electron chi connectivity index (χ2n) is 3.76. The standard InChI is InChI=1S/C13H7F2NO3/c14-10-4-1-8(2-5-10)13(17)9-3-6-11(15)12(7-9)16(18)19/h1-7H. The second kappa shape index (κ2) is 4.93. The van der Waals surface area contributed by atoms with Crippen molar-refractivity contribution < 1.29 is 18.5 Å². The summed E-state index contributed by atoms with van der Waals surface area (Å²) in [4.78, 5) is 21.7. The lowest BCUT2D eigenvalue weighted by Gasteiger charge is -2.02. The third-order valence-electron chi connectivity index (χ3n) is 2.51. The molecule has 0 saturated carbocycles. The topological polar surface area (TPSA) is 60.2 Å². The Labute approximate surface area is 106 Å². The van der Waals surface area contributed by atoms with Gasteiger partial charge in [0.1, 0.15) is 5.82 Å². The van der Waals surface area contributed by atoms with E-state index in [-0.39, 0.29) is 11.1 Å². The van der Waals surface area contributed by atoms with Crippen LogP contribution in [0.5, 0.6) is 0 Å². The van der Waals surface area contributed by atoms with Crippen molar-refractivity contribution in [1.29, 1.82) is 0 Å². The first-order chi connectivity index (χ1) is 8.99. The molecule has 96 valence electrons. The highest BCUT2D eigenvalue weighted by Crippen LogP contribution is 2.20. The molecule has 19 heavy (non-hydrogen) atoms. The number of benzene rings is 2. The zero-order valence-electron chi connectivity index (χ0n) is 9.47. The predicted octanol–water partition coefficient (Wildman–Crippen LogP) is 3.10. The van der Waals surface area contributed by atoms with Crippen LogP contribution in [0.15, 0.2) is 42.5 Å². The molecular weight excluding hydrogens is 256 g/mol. The lowest BCUT2D eigenvalue weighted by molar-refractivity contribution is -0.387. The monoisotopic (exact) mass is 263 g/mol. The Kier molecular flexibility index (Phi) is 3.33. The van der Waals surface area contributed by atoms with Crippen molar-refractivity contribution in [3.8, 4) is 0 Å².